The third kappa shape index (κ3) is 4.73. The van der Waals surface area contributed by atoms with Crippen LogP contribution in [0.3, 0.4) is 0 Å². The van der Waals surface area contributed by atoms with Crippen molar-refractivity contribution in [1.29, 1.82) is 0 Å². The fraction of sp³-hybridized carbons (Fsp3) is 0.190. The number of hydrogen-bond acceptors (Lipinski definition) is 9. The molecule has 0 N–H and O–H groups in total. The van der Waals surface area contributed by atoms with Crippen molar-refractivity contribution in [2.75, 3.05) is 0 Å². The third-order valence-corrected chi connectivity index (χ3v) is 5.95. The van der Waals surface area contributed by atoms with Crippen LogP contribution >= 0.6 is 11.3 Å². The van der Waals surface area contributed by atoms with Gasteiger partial charge in [0.2, 0.25) is 5.88 Å². The number of aromatic nitrogens is 8. The summed E-state index contributed by atoms with van der Waals surface area (Å²) in [7, 11) is 0. The lowest BCUT2D eigenvalue weighted by Crippen LogP contribution is -2.19. The standard InChI is InChI=1S/C21H15F3N8O2S/c1-11-3-6-17(29-28-11)34-13-4-5-16-14(7-25-31(16)9-13)20-27-18(19(35-20)12(2)33)15-8-26-32(30-15)10-21(22,23)24/h3-9H,10H2,1-2H3. The summed E-state index contributed by atoms with van der Waals surface area (Å²) in [6.45, 7) is 1.83. The van der Waals surface area contributed by atoms with E-state index >= 15 is 0 Å². The molecule has 0 radical (unpaired) electrons. The maximum Gasteiger partial charge on any atom is 0.409 e. The van der Waals surface area contributed by atoms with Crippen LogP contribution < -0.4 is 4.74 Å². The van der Waals surface area contributed by atoms with Crippen LogP contribution in [0.15, 0.2) is 42.9 Å². The highest BCUT2D eigenvalue weighted by molar-refractivity contribution is 7.17. The molecule has 14 heteroatoms. The number of fused-ring (bicyclic) bond motifs is 1. The zero-order valence-electron chi connectivity index (χ0n) is 18.2. The number of aryl methyl sites for hydroxylation is 1. The van der Waals surface area contributed by atoms with E-state index in [-0.39, 0.29) is 22.0 Å². The molecule has 0 aliphatic rings. The number of hydrogen-bond donors (Lipinski definition) is 0. The highest BCUT2D eigenvalue weighted by Gasteiger charge is 2.30. The minimum absolute atomic E-state index is 0.0771. The first-order chi connectivity index (χ1) is 16.7. The van der Waals surface area contributed by atoms with Crippen LogP contribution in [0.2, 0.25) is 0 Å². The summed E-state index contributed by atoms with van der Waals surface area (Å²) in [6, 6.07) is 6.98. The number of thiazole rings is 1. The van der Waals surface area contributed by atoms with E-state index < -0.39 is 12.7 Å². The Morgan fingerprint density at radius 2 is 1.94 bits per heavy atom. The average molecular weight is 500 g/mol. The molecule has 5 aromatic rings. The van der Waals surface area contributed by atoms with E-state index in [0.29, 0.717) is 32.5 Å². The molecule has 0 aromatic carbocycles. The zero-order valence-corrected chi connectivity index (χ0v) is 19.0. The number of halogens is 3. The average Bonchev–Trinajstić information content (AvgIpc) is 3.51. The number of pyridine rings is 1. The maximum absolute atomic E-state index is 12.7. The minimum Gasteiger partial charge on any atom is -0.436 e. The van der Waals surface area contributed by atoms with Crippen molar-refractivity contribution in [1.82, 2.24) is 39.8 Å². The second kappa shape index (κ2) is 8.54. The smallest absolute Gasteiger partial charge is 0.409 e. The van der Waals surface area contributed by atoms with Gasteiger partial charge in [-0.15, -0.1) is 16.4 Å². The van der Waals surface area contributed by atoms with Gasteiger partial charge in [0.1, 0.15) is 22.1 Å². The van der Waals surface area contributed by atoms with Crippen molar-refractivity contribution in [3.8, 4) is 33.6 Å². The van der Waals surface area contributed by atoms with Crippen LogP contribution in [0.25, 0.3) is 27.5 Å². The van der Waals surface area contributed by atoms with Crippen LogP contribution in [0.1, 0.15) is 22.3 Å². The predicted octanol–water partition coefficient (Wildman–Crippen LogP) is 4.37. The summed E-state index contributed by atoms with van der Waals surface area (Å²) >= 11 is 1.10. The van der Waals surface area contributed by atoms with Gasteiger partial charge in [-0.1, -0.05) is 0 Å². The molecule has 0 aliphatic carbocycles. The molecule has 0 unspecified atom stereocenters. The number of Topliss-reactive ketones (excluding diaryl/α,β-unsaturated/α-hetero) is 1. The van der Waals surface area contributed by atoms with Crippen LogP contribution in [-0.4, -0.2) is 51.7 Å². The molecule has 0 atom stereocenters. The van der Waals surface area contributed by atoms with Gasteiger partial charge in [0.05, 0.1) is 40.2 Å². The third-order valence-electron chi connectivity index (χ3n) is 4.76. The van der Waals surface area contributed by atoms with E-state index in [9.17, 15) is 18.0 Å². The van der Waals surface area contributed by atoms with E-state index in [0.717, 1.165) is 23.2 Å². The van der Waals surface area contributed by atoms with Gasteiger partial charge >= 0.3 is 6.18 Å². The molecule has 10 nitrogen and oxygen atoms in total. The largest absolute Gasteiger partial charge is 0.436 e. The van der Waals surface area contributed by atoms with Crippen LogP contribution in [-0.2, 0) is 6.54 Å². The Bertz CT molecular complexity index is 1540. The molecule has 0 spiro atoms. The van der Waals surface area contributed by atoms with Gasteiger partial charge in [-0.3, -0.25) is 4.79 Å². The molecule has 0 fully saturated rings. The van der Waals surface area contributed by atoms with Crippen molar-refractivity contribution in [3.63, 3.8) is 0 Å². The van der Waals surface area contributed by atoms with Crippen molar-refractivity contribution >= 4 is 22.6 Å². The van der Waals surface area contributed by atoms with E-state index in [1.165, 1.54) is 6.92 Å². The summed E-state index contributed by atoms with van der Waals surface area (Å²) in [6.07, 6.45) is -0.0787. The summed E-state index contributed by atoms with van der Waals surface area (Å²) < 4.78 is 45.3. The van der Waals surface area contributed by atoms with Crippen LogP contribution in [0.5, 0.6) is 11.6 Å². The normalized spacial score (nSPS) is 11.8. The van der Waals surface area contributed by atoms with Gasteiger partial charge in [0, 0.05) is 13.0 Å². The molecule has 35 heavy (non-hydrogen) atoms. The minimum atomic E-state index is -4.47. The molecule has 5 rings (SSSR count). The molecular formula is C21H15F3N8O2S. The lowest BCUT2D eigenvalue weighted by Gasteiger charge is -2.04. The number of ketones is 1. The van der Waals surface area contributed by atoms with E-state index in [1.54, 1.807) is 41.2 Å². The second-order valence-corrected chi connectivity index (χ2v) is 8.50. The maximum atomic E-state index is 12.7. The highest BCUT2D eigenvalue weighted by atomic mass is 32.1. The summed E-state index contributed by atoms with van der Waals surface area (Å²) in [5, 5.41) is 20.2. The molecule has 0 amide bonds. The second-order valence-electron chi connectivity index (χ2n) is 7.50. The fourth-order valence-electron chi connectivity index (χ4n) is 3.24. The van der Waals surface area contributed by atoms with Crippen molar-refractivity contribution in [2.24, 2.45) is 0 Å². The Morgan fingerprint density at radius 1 is 1.11 bits per heavy atom. The molecule has 5 heterocycles. The molecule has 0 aliphatic heterocycles. The monoisotopic (exact) mass is 500 g/mol. The molecule has 5 aromatic heterocycles. The highest BCUT2D eigenvalue weighted by Crippen LogP contribution is 2.36. The van der Waals surface area contributed by atoms with E-state index in [2.05, 4.69) is 30.5 Å². The summed E-state index contributed by atoms with van der Waals surface area (Å²) in [5.41, 5.74) is 2.33. The predicted molar refractivity (Wildman–Crippen MR) is 118 cm³/mol. The summed E-state index contributed by atoms with van der Waals surface area (Å²) in [5.74, 6) is 0.521. The van der Waals surface area contributed by atoms with Crippen molar-refractivity contribution in [3.05, 3.63) is 53.4 Å². The Labute approximate surface area is 199 Å². The number of rotatable bonds is 6. The van der Waals surface area contributed by atoms with Crippen LogP contribution in [0, 0.1) is 6.92 Å². The SMILES string of the molecule is CC(=O)c1sc(-c2cnn3cc(Oc4ccc(C)nn4)ccc23)nc1-c1cnn(CC(F)(F)F)n1. The first-order valence-electron chi connectivity index (χ1n) is 10.1. The Morgan fingerprint density at radius 3 is 2.66 bits per heavy atom. The zero-order chi connectivity index (χ0) is 24.7. The van der Waals surface area contributed by atoms with Crippen molar-refractivity contribution < 1.29 is 22.7 Å². The van der Waals surface area contributed by atoms with E-state index in [1.807, 2.05) is 6.92 Å². The molecule has 0 saturated carbocycles. The first kappa shape index (κ1) is 22.6. The lowest BCUT2D eigenvalue weighted by atomic mass is 10.2. The van der Waals surface area contributed by atoms with E-state index in [4.69, 9.17) is 4.74 Å². The Hall–Kier alpha value is -4.20. The Kier molecular flexibility index (Phi) is 5.51. The van der Waals surface area contributed by atoms with Gasteiger partial charge in [-0.05, 0) is 25.1 Å². The lowest BCUT2D eigenvalue weighted by molar-refractivity contribution is -0.144. The first-order valence-corrected chi connectivity index (χ1v) is 10.9. The molecular weight excluding hydrogens is 485 g/mol. The van der Waals surface area contributed by atoms with Crippen LogP contribution in [0.4, 0.5) is 13.2 Å². The number of ether oxygens (including phenoxy) is 1. The van der Waals surface area contributed by atoms with Crippen molar-refractivity contribution in [2.45, 2.75) is 26.6 Å². The fourth-order valence-corrected chi connectivity index (χ4v) is 4.23. The molecule has 178 valence electrons. The summed E-state index contributed by atoms with van der Waals surface area (Å²) in [4.78, 5) is 17.5. The number of carbonyl (C=O) groups is 1. The number of nitrogens with zero attached hydrogens (tertiary/aromatic N) is 8. The topological polar surface area (TPSA) is 113 Å². The molecule has 0 bridgehead atoms. The van der Waals surface area contributed by atoms with Gasteiger partial charge < -0.3 is 4.74 Å². The quantitative estimate of drug-likeness (QED) is 0.316. The van der Waals surface area contributed by atoms with Gasteiger partial charge in [-0.2, -0.15) is 38.4 Å². The van der Waals surface area contributed by atoms with Gasteiger partial charge in [-0.25, -0.2) is 9.50 Å². The van der Waals surface area contributed by atoms with Gasteiger partial charge in [0.25, 0.3) is 0 Å². The number of alkyl halides is 3. The number of carbonyl (C=O) groups excluding carboxylic acids is 1. The van der Waals surface area contributed by atoms with Gasteiger partial charge in [0.15, 0.2) is 12.3 Å². The Balaban J connectivity index is 1.48. The molecule has 0 saturated heterocycles.